The molecule has 0 amide bonds. The molecule has 0 heterocycles. The fourth-order valence-electron chi connectivity index (χ4n) is 2.77. The summed E-state index contributed by atoms with van der Waals surface area (Å²) in [5, 5.41) is 0. The van der Waals surface area contributed by atoms with Crippen molar-refractivity contribution in [2.45, 2.75) is 46.0 Å². The van der Waals surface area contributed by atoms with Crippen molar-refractivity contribution in [2.75, 3.05) is 19.6 Å². The van der Waals surface area contributed by atoms with Crippen molar-refractivity contribution in [3.8, 4) is 0 Å². The van der Waals surface area contributed by atoms with Gasteiger partial charge in [-0.2, -0.15) is 0 Å². The summed E-state index contributed by atoms with van der Waals surface area (Å²) in [6.45, 7) is 6.87. The van der Waals surface area contributed by atoms with Crippen LogP contribution in [-0.4, -0.2) is 30.3 Å². The van der Waals surface area contributed by atoms with Crippen molar-refractivity contribution < 1.29 is 4.79 Å². The molecule has 0 spiro atoms. The van der Waals surface area contributed by atoms with Gasteiger partial charge in [0.25, 0.3) is 0 Å². The Hall–Kier alpha value is -1.15. The predicted molar refractivity (Wildman–Crippen MR) is 79.8 cm³/mol. The highest BCUT2D eigenvalue weighted by molar-refractivity contribution is 5.97. The van der Waals surface area contributed by atoms with Crippen LogP contribution in [0.25, 0.3) is 0 Å². The van der Waals surface area contributed by atoms with E-state index < -0.39 is 0 Å². The van der Waals surface area contributed by atoms with Gasteiger partial charge >= 0.3 is 0 Å². The zero-order valence-corrected chi connectivity index (χ0v) is 12.2. The van der Waals surface area contributed by atoms with E-state index in [0.29, 0.717) is 6.54 Å². The first-order valence-electron chi connectivity index (χ1n) is 7.62. The summed E-state index contributed by atoms with van der Waals surface area (Å²) in [4.78, 5) is 14.6. The number of hydrogen-bond acceptors (Lipinski definition) is 2. The van der Waals surface area contributed by atoms with E-state index in [2.05, 4.69) is 30.9 Å². The smallest absolute Gasteiger partial charge is 0.176 e. The fourth-order valence-corrected chi connectivity index (χ4v) is 2.77. The van der Waals surface area contributed by atoms with Gasteiger partial charge in [-0.15, -0.1) is 0 Å². The Balaban J connectivity index is 1.99. The number of nitrogens with zero attached hydrogens (tertiary/aromatic N) is 1. The summed E-state index contributed by atoms with van der Waals surface area (Å²) in [5.41, 5.74) is 3.73. The number of carbonyl (C=O) groups excluding carboxylic acids is 1. The highest BCUT2D eigenvalue weighted by atomic mass is 16.1. The van der Waals surface area contributed by atoms with Gasteiger partial charge in [-0.25, -0.2) is 0 Å². The number of rotatable bonds is 7. The van der Waals surface area contributed by atoms with Crippen LogP contribution < -0.4 is 0 Å². The molecule has 1 aromatic carbocycles. The molecule has 0 unspecified atom stereocenters. The van der Waals surface area contributed by atoms with Gasteiger partial charge in [-0.3, -0.25) is 9.69 Å². The molecule has 0 radical (unpaired) electrons. The molecular weight excluding hydrogens is 234 g/mol. The molecule has 0 bridgehead atoms. The van der Waals surface area contributed by atoms with Crippen molar-refractivity contribution in [3.05, 3.63) is 34.9 Å². The molecule has 0 saturated heterocycles. The van der Waals surface area contributed by atoms with Crippen LogP contribution >= 0.6 is 0 Å². The van der Waals surface area contributed by atoms with E-state index in [1.54, 1.807) is 0 Å². The van der Waals surface area contributed by atoms with E-state index in [1.165, 1.54) is 36.8 Å². The van der Waals surface area contributed by atoms with Crippen LogP contribution in [0.4, 0.5) is 0 Å². The lowest BCUT2D eigenvalue weighted by molar-refractivity contribution is 0.0933. The van der Waals surface area contributed by atoms with E-state index in [1.807, 2.05) is 6.07 Å². The Kier molecular flexibility index (Phi) is 5.15. The maximum absolute atomic E-state index is 12.3. The van der Waals surface area contributed by atoms with Crippen molar-refractivity contribution in [1.82, 2.24) is 4.90 Å². The van der Waals surface area contributed by atoms with Gasteiger partial charge in [0.1, 0.15) is 0 Å². The number of ketones is 1. The number of benzene rings is 1. The van der Waals surface area contributed by atoms with Gasteiger partial charge in [0.15, 0.2) is 5.78 Å². The van der Waals surface area contributed by atoms with E-state index in [-0.39, 0.29) is 5.78 Å². The van der Waals surface area contributed by atoms with Crippen LogP contribution in [0.2, 0.25) is 0 Å². The van der Waals surface area contributed by atoms with Crippen LogP contribution in [0.3, 0.4) is 0 Å². The third kappa shape index (κ3) is 3.66. The molecule has 2 rings (SSSR count). The maximum Gasteiger partial charge on any atom is 0.176 e. The zero-order valence-electron chi connectivity index (χ0n) is 12.2. The standard InChI is InChI=1S/C17H25NO/c1-3-5-11-18(4-2)13-17(19)16-10-9-14-7-6-8-15(14)12-16/h9-10,12H,3-8,11,13H2,1-2H3. The molecule has 0 atom stereocenters. The topological polar surface area (TPSA) is 20.3 Å². The molecule has 0 saturated carbocycles. The third-order valence-corrected chi connectivity index (χ3v) is 4.06. The first-order chi connectivity index (χ1) is 9.24. The minimum absolute atomic E-state index is 0.271. The van der Waals surface area contributed by atoms with Gasteiger partial charge in [-0.05, 0) is 56.0 Å². The van der Waals surface area contributed by atoms with Crippen LogP contribution in [0, 0.1) is 0 Å². The molecule has 1 aliphatic rings. The second kappa shape index (κ2) is 6.85. The summed E-state index contributed by atoms with van der Waals surface area (Å²) < 4.78 is 0. The average Bonchev–Trinajstić information content (AvgIpc) is 2.90. The van der Waals surface area contributed by atoms with Gasteiger partial charge in [0.05, 0.1) is 6.54 Å². The molecule has 0 aliphatic heterocycles. The Morgan fingerprint density at radius 3 is 2.74 bits per heavy atom. The Bertz CT molecular complexity index is 439. The SMILES string of the molecule is CCCCN(CC)CC(=O)c1ccc2c(c1)CCC2. The number of likely N-dealkylation sites (N-methyl/N-ethyl adjacent to an activating group) is 1. The van der Waals surface area contributed by atoms with Crippen molar-refractivity contribution in [2.24, 2.45) is 0 Å². The summed E-state index contributed by atoms with van der Waals surface area (Å²) in [6, 6.07) is 6.29. The minimum Gasteiger partial charge on any atom is -0.296 e. The van der Waals surface area contributed by atoms with Gasteiger partial charge in [-0.1, -0.05) is 32.4 Å². The summed E-state index contributed by atoms with van der Waals surface area (Å²) >= 11 is 0. The lowest BCUT2D eigenvalue weighted by Gasteiger charge is -2.19. The fraction of sp³-hybridized carbons (Fsp3) is 0.588. The lowest BCUT2D eigenvalue weighted by Crippen LogP contribution is -2.30. The number of fused-ring (bicyclic) bond motifs is 1. The molecule has 104 valence electrons. The van der Waals surface area contributed by atoms with E-state index in [9.17, 15) is 4.79 Å². The van der Waals surface area contributed by atoms with E-state index >= 15 is 0 Å². The molecule has 0 aromatic heterocycles. The van der Waals surface area contributed by atoms with Crippen LogP contribution in [0.1, 0.15) is 54.6 Å². The molecule has 0 fully saturated rings. The average molecular weight is 259 g/mol. The normalized spacial score (nSPS) is 13.8. The highest BCUT2D eigenvalue weighted by Crippen LogP contribution is 2.23. The third-order valence-electron chi connectivity index (χ3n) is 4.06. The van der Waals surface area contributed by atoms with Crippen LogP contribution in [0.15, 0.2) is 18.2 Å². The van der Waals surface area contributed by atoms with Gasteiger partial charge < -0.3 is 0 Å². The molecule has 0 N–H and O–H groups in total. The van der Waals surface area contributed by atoms with E-state index in [4.69, 9.17) is 0 Å². The minimum atomic E-state index is 0.271. The highest BCUT2D eigenvalue weighted by Gasteiger charge is 2.15. The summed E-state index contributed by atoms with van der Waals surface area (Å²) in [6.07, 6.45) is 5.92. The Morgan fingerprint density at radius 1 is 1.21 bits per heavy atom. The molecule has 1 aliphatic carbocycles. The molecular formula is C17H25NO. The number of hydrogen-bond donors (Lipinski definition) is 0. The summed E-state index contributed by atoms with van der Waals surface area (Å²) in [7, 11) is 0. The van der Waals surface area contributed by atoms with Crippen LogP contribution in [0.5, 0.6) is 0 Å². The molecule has 1 aromatic rings. The second-order valence-electron chi connectivity index (χ2n) is 5.48. The maximum atomic E-state index is 12.3. The Morgan fingerprint density at radius 2 is 2.00 bits per heavy atom. The first kappa shape index (κ1) is 14.3. The van der Waals surface area contributed by atoms with E-state index in [0.717, 1.165) is 25.1 Å². The largest absolute Gasteiger partial charge is 0.296 e. The molecule has 2 nitrogen and oxygen atoms in total. The van der Waals surface area contributed by atoms with Gasteiger partial charge in [0, 0.05) is 5.56 Å². The predicted octanol–water partition coefficient (Wildman–Crippen LogP) is 3.48. The first-order valence-corrected chi connectivity index (χ1v) is 7.62. The number of Topliss-reactive ketones (excluding diaryl/α,β-unsaturated/α-hetero) is 1. The number of aryl methyl sites for hydroxylation is 2. The lowest BCUT2D eigenvalue weighted by atomic mass is 10.0. The quantitative estimate of drug-likeness (QED) is 0.699. The van der Waals surface area contributed by atoms with Crippen molar-refractivity contribution in [3.63, 3.8) is 0 Å². The summed E-state index contributed by atoms with van der Waals surface area (Å²) in [5.74, 6) is 0.271. The molecule has 2 heteroatoms. The molecule has 19 heavy (non-hydrogen) atoms. The van der Waals surface area contributed by atoms with Crippen molar-refractivity contribution in [1.29, 1.82) is 0 Å². The second-order valence-corrected chi connectivity index (χ2v) is 5.48. The zero-order chi connectivity index (χ0) is 13.7. The number of unbranched alkanes of at least 4 members (excludes halogenated alkanes) is 1. The van der Waals surface area contributed by atoms with Crippen LogP contribution in [-0.2, 0) is 12.8 Å². The van der Waals surface area contributed by atoms with Gasteiger partial charge in [0.2, 0.25) is 0 Å². The number of carbonyl (C=O) groups is 1. The Labute approximate surface area is 116 Å². The monoisotopic (exact) mass is 259 g/mol. The van der Waals surface area contributed by atoms with Crippen molar-refractivity contribution >= 4 is 5.78 Å².